The fourth-order valence-corrected chi connectivity index (χ4v) is 5.46. The minimum atomic E-state index is 0.798. The van der Waals surface area contributed by atoms with E-state index in [0.717, 1.165) is 37.6 Å². The van der Waals surface area contributed by atoms with Crippen molar-refractivity contribution in [3.8, 4) is 33.8 Å². The first-order chi connectivity index (χ1) is 18.2. The highest BCUT2D eigenvalue weighted by Gasteiger charge is 2.12. The second-order valence-electron chi connectivity index (χ2n) is 9.94. The highest BCUT2D eigenvalue weighted by Crippen LogP contribution is 2.37. The third kappa shape index (κ3) is 10.3. The number of benzene rings is 3. The predicted molar refractivity (Wildman–Crippen MR) is 168 cm³/mol. The quantitative estimate of drug-likeness (QED) is 0.105. The Morgan fingerprint density at radius 1 is 0.514 bits per heavy atom. The Kier molecular flexibility index (Phi) is 14.0. The van der Waals surface area contributed by atoms with Crippen molar-refractivity contribution in [2.24, 2.45) is 0 Å². The smallest absolute Gasteiger partial charge is 0.119 e. The summed E-state index contributed by atoms with van der Waals surface area (Å²) in [6, 6.07) is 23.7. The van der Waals surface area contributed by atoms with E-state index >= 15 is 0 Å². The molecular weight excluding hydrogens is 567 g/mol. The van der Waals surface area contributed by atoms with E-state index in [4.69, 9.17) is 9.47 Å². The highest BCUT2D eigenvalue weighted by molar-refractivity contribution is 14.1. The van der Waals surface area contributed by atoms with Crippen molar-refractivity contribution >= 4 is 22.6 Å². The van der Waals surface area contributed by atoms with E-state index in [1.165, 1.54) is 90.0 Å². The third-order valence-electron chi connectivity index (χ3n) is 6.86. The second kappa shape index (κ2) is 17.5. The summed E-state index contributed by atoms with van der Waals surface area (Å²) in [5, 5.41) is 0. The van der Waals surface area contributed by atoms with Crippen LogP contribution in [-0.4, -0.2) is 13.2 Å². The van der Waals surface area contributed by atoms with Gasteiger partial charge in [-0.2, -0.15) is 0 Å². The minimum absolute atomic E-state index is 0.798. The molecule has 0 unspecified atom stereocenters. The molecule has 0 heterocycles. The van der Waals surface area contributed by atoms with Gasteiger partial charge in [0, 0.05) is 9.13 Å². The molecule has 3 aromatic carbocycles. The molecule has 0 spiro atoms. The van der Waals surface area contributed by atoms with E-state index < -0.39 is 0 Å². The number of hydrogen-bond acceptors (Lipinski definition) is 2. The van der Waals surface area contributed by atoms with Crippen LogP contribution >= 0.6 is 22.6 Å². The number of unbranched alkanes of at least 4 members (excludes halogenated alkanes) is 10. The van der Waals surface area contributed by atoms with Gasteiger partial charge in [-0.3, -0.25) is 0 Å². The SMILES string of the molecule is CCCCCCCCOc1ccc(-c2cccc(I)c2-c2ccc(OCCCCCCCC)cc2)cc1. The Labute approximate surface area is 239 Å². The molecule has 3 aromatic rings. The molecule has 0 saturated carbocycles. The molecule has 37 heavy (non-hydrogen) atoms. The lowest BCUT2D eigenvalue weighted by molar-refractivity contribution is 0.304. The molecule has 0 aliphatic heterocycles. The van der Waals surface area contributed by atoms with Crippen LogP contribution in [0, 0.1) is 3.57 Å². The summed E-state index contributed by atoms with van der Waals surface area (Å²) in [7, 11) is 0. The Balaban J connectivity index is 1.56. The van der Waals surface area contributed by atoms with Crippen LogP contribution < -0.4 is 9.47 Å². The van der Waals surface area contributed by atoms with Gasteiger partial charge in [0.1, 0.15) is 11.5 Å². The zero-order valence-electron chi connectivity index (χ0n) is 22.9. The van der Waals surface area contributed by atoms with Gasteiger partial charge >= 0.3 is 0 Å². The normalized spacial score (nSPS) is 11.0. The molecule has 0 aliphatic carbocycles. The first-order valence-electron chi connectivity index (χ1n) is 14.5. The molecule has 0 bridgehead atoms. The van der Waals surface area contributed by atoms with Gasteiger partial charge in [-0.05, 0) is 82.5 Å². The Morgan fingerprint density at radius 3 is 1.49 bits per heavy atom. The average Bonchev–Trinajstić information content (AvgIpc) is 2.93. The van der Waals surface area contributed by atoms with E-state index in [-0.39, 0.29) is 0 Å². The van der Waals surface area contributed by atoms with Crippen LogP contribution in [0.2, 0.25) is 0 Å². The van der Waals surface area contributed by atoms with Crippen LogP contribution in [0.3, 0.4) is 0 Å². The second-order valence-corrected chi connectivity index (χ2v) is 11.1. The van der Waals surface area contributed by atoms with Crippen LogP contribution in [0.15, 0.2) is 66.7 Å². The summed E-state index contributed by atoms with van der Waals surface area (Å²) >= 11 is 2.45. The first-order valence-corrected chi connectivity index (χ1v) is 15.6. The number of halogens is 1. The summed E-state index contributed by atoms with van der Waals surface area (Å²) in [5.41, 5.74) is 4.94. The Hall–Kier alpha value is -2.01. The van der Waals surface area contributed by atoms with Crippen molar-refractivity contribution < 1.29 is 9.47 Å². The first kappa shape index (κ1) is 29.5. The van der Waals surface area contributed by atoms with Gasteiger partial charge in [0.05, 0.1) is 13.2 Å². The standard InChI is InChI=1S/C34H45IO2/c1-3-5-7-9-11-13-26-36-30-22-18-28(19-23-30)32-16-15-17-33(35)34(32)29-20-24-31(25-21-29)37-27-14-12-10-8-6-4-2/h15-25H,3-14,26-27H2,1-2H3. The Morgan fingerprint density at radius 2 is 0.973 bits per heavy atom. The highest BCUT2D eigenvalue weighted by atomic mass is 127. The zero-order valence-corrected chi connectivity index (χ0v) is 25.1. The van der Waals surface area contributed by atoms with Gasteiger partial charge in [-0.25, -0.2) is 0 Å². The molecule has 0 N–H and O–H groups in total. The summed E-state index contributed by atoms with van der Waals surface area (Å²) in [5.74, 6) is 1.91. The molecule has 200 valence electrons. The molecule has 0 fully saturated rings. The van der Waals surface area contributed by atoms with Crippen LogP contribution in [0.25, 0.3) is 22.3 Å². The summed E-state index contributed by atoms with van der Waals surface area (Å²) in [6.07, 6.45) is 15.4. The van der Waals surface area contributed by atoms with Gasteiger partial charge in [0.25, 0.3) is 0 Å². The van der Waals surface area contributed by atoms with Crippen LogP contribution in [0.5, 0.6) is 11.5 Å². The molecule has 0 atom stereocenters. The minimum Gasteiger partial charge on any atom is -0.494 e. The Bertz CT molecular complexity index is 1010. The number of rotatable bonds is 18. The molecule has 3 rings (SSSR count). The molecule has 3 heteroatoms. The molecule has 0 aliphatic rings. The van der Waals surface area contributed by atoms with Gasteiger partial charge in [-0.1, -0.05) is 114 Å². The summed E-state index contributed by atoms with van der Waals surface area (Å²) in [4.78, 5) is 0. The maximum absolute atomic E-state index is 6.01. The topological polar surface area (TPSA) is 18.5 Å². The fraction of sp³-hybridized carbons (Fsp3) is 0.471. The largest absolute Gasteiger partial charge is 0.494 e. The lowest BCUT2D eigenvalue weighted by Gasteiger charge is -2.14. The van der Waals surface area contributed by atoms with Gasteiger partial charge in [0.15, 0.2) is 0 Å². The third-order valence-corrected chi connectivity index (χ3v) is 7.75. The molecular formula is C34H45IO2. The van der Waals surface area contributed by atoms with Crippen molar-refractivity contribution in [1.29, 1.82) is 0 Å². The maximum Gasteiger partial charge on any atom is 0.119 e. The molecule has 2 nitrogen and oxygen atoms in total. The number of hydrogen-bond donors (Lipinski definition) is 0. The molecule has 0 aromatic heterocycles. The van der Waals surface area contributed by atoms with Gasteiger partial charge in [-0.15, -0.1) is 0 Å². The maximum atomic E-state index is 6.01. The fourth-order valence-electron chi connectivity index (χ4n) is 4.65. The van der Waals surface area contributed by atoms with E-state index in [2.05, 4.69) is 103 Å². The van der Waals surface area contributed by atoms with E-state index in [0.29, 0.717) is 0 Å². The monoisotopic (exact) mass is 612 g/mol. The van der Waals surface area contributed by atoms with E-state index in [9.17, 15) is 0 Å². The van der Waals surface area contributed by atoms with Crippen molar-refractivity contribution in [2.45, 2.75) is 90.9 Å². The predicted octanol–water partition coefficient (Wildman–Crippen LogP) is 11.1. The van der Waals surface area contributed by atoms with Gasteiger partial charge in [0.2, 0.25) is 0 Å². The molecule has 0 amide bonds. The lowest BCUT2D eigenvalue weighted by Crippen LogP contribution is -1.98. The molecule has 0 saturated heterocycles. The van der Waals surface area contributed by atoms with Crippen molar-refractivity contribution in [3.05, 3.63) is 70.3 Å². The summed E-state index contributed by atoms with van der Waals surface area (Å²) in [6.45, 7) is 6.12. The van der Waals surface area contributed by atoms with Crippen LogP contribution in [0.4, 0.5) is 0 Å². The van der Waals surface area contributed by atoms with Crippen molar-refractivity contribution in [2.75, 3.05) is 13.2 Å². The van der Waals surface area contributed by atoms with Crippen molar-refractivity contribution in [1.82, 2.24) is 0 Å². The number of ether oxygens (including phenoxy) is 2. The van der Waals surface area contributed by atoms with Crippen LogP contribution in [-0.2, 0) is 0 Å². The van der Waals surface area contributed by atoms with Crippen molar-refractivity contribution in [3.63, 3.8) is 0 Å². The summed E-state index contributed by atoms with van der Waals surface area (Å²) < 4.78 is 13.3. The van der Waals surface area contributed by atoms with Gasteiger partial charge < -0.3 is 9.47 Å². The van der Waals surface area contributed by atoms with E-state index in [1.807, 2.05) is 0 Å². The van der Waals surface area contributed by atoms with E-state index in [1.54, 1.807) is 0 Å². The van der Waals surface area contributed by atoms with Crippen LogP contribution in [0.1, 0.15) is 90.9 Å². The average molecular weight is 613 g/mol. The molecule has 0 radical (unpaired) electrons. The lowest BCUT2D eigenvalue weighted by atomic mass is 9.94. The zero-order chi connectivity index (χ0) is 26.1.